The molecule has 1 amide bonds. The number of aryl methyl sites for hydroxylation is 1. The summed E-state index contributed by atoms with van der Waals surface area (Å²) in [6, 6.07) is 13.8. The summed E-state index contributed by atoms with van der Waals surface area (Å²) in [6.07, 6.45) is 5.12. The molecule has 0 bridgehead atoms. The number of hydrogen-bond acceptors (Lipinski definition) is 6. The van der Waals surface area contributed by atoms with Gasteiger partial charge in [0.2, 0.25) is 5.95 Å². The fourth-order valence-corrected chi connectivity index (χ4v) is 3.37. The first-order valence-corrected chi connectivity index (χ1v) is 9.76. The van der Waals surface area contributed by atoms with Crippen LogP contribution in [0, 0.1) is 6.92 Å². The van der Waals surface area contributed by atoms with Gasteiger partial charge in [-0.1, -0.05) is 24.3 Å². The van der Waals surface area contributed by atoms with Crippen LogP contribution in [0.5, 0.6) is 0 Å². The molecule has 29 heavy (non-hydrogen) atoms. The fraction of sp³-hybridized carbons (Fsp3) is 0.273. The molecule has 0 radical (unpaired) electrons. The van der Waals surface area contributed by atoms with E-state index in [1.165, 1.54) is 11.1 Å². The van der Waals surface area contributed by atoms with Crippen molar-refractivity contribution < 1.29 is 4.79 Å². The first kappa shape index (κ1) is 18.9. The average Bonchev–Trinajstić information content (AvgIpc) is 2.79. The van der Waals surface area contributed by atoms with E-state index in [2.05, 4.69) is 44.2 Å². The Labute approximate surface area is 170 Å². The van der Waals surface area contributed by atoms with Crippen molar-refractivity contribution in [2.45, 2.75) is 13.5 Å². The van der Waals surface area contributed by atoms with Crippen molar-refractivity contribution in [3.05, 3.63) is 77.7 Å². The van der Waals surface area contributed by atoms with Crippen molar-refractivity contribution in [2.24, 2.45) is 0 Å². The highest BCUT2D eigenvalue weighted by Gasteiger charge is 2.23. The van der Waals surface area contributed by atoms with E-state index in [0.29, 0.717) is 31.1 Å². The first-order chi connectivity index (χ1) is 14.2. The zero-order valence-electron chi connectivity index (χ0n) is 16.5. The molecular weight excluding hydrogens is 364 g/mol. The Kier molecular flexibility index (Phi) is 5.65. The monoisotopic (exact) mass is 388 g/mol. The van der Waals surface area contributed by atoms with Gasteiger partial charge in [0.25, 0.3) is 5.91 Å². The Bertz CT molecular complexity index is 953. The largest absolute Gasteiger partial charge is 0.366 e. The van der Waals surface area contributed by atoms with Gasteiger partial charge in [-0.2, -0.15) is 0 Å². The lowest BCUT2D eigenvalue weighted by molar-refractivity contribution is 0.0746. The molecule has 1 aromatic carbocycles. The third kappa shape index (κ3) is 4.51. The molecule has 1 aliphatic heterocycles. The molecule has 148 valence electrons. The van der Waals surface area contributed by atoms with Gasteiger partial charge >= 0.3 is 0 Å². The van der Waals surface area contributed by atoms with E-state index in [0.717, 1.165) is 18.9 Å². The van der Waals surface area contributed by atoms with E-state index in [1.54, 1.807) is 24.7 Å². The van der Waals surface area contributed by atoms with E-state index in [4.69, 9.17) is 0 Å². The smallest absolute Gasteiger partial charge is 0.255 e. The molecule has 7 heteroatoms. The van der Waals surface area contributed by atoms with Crippen molar-refractivity contribution in [1.82, 2.24) is 19.9 Å². The lowest BCUT2D eigenvalue weighted by Crippen LogP contribution is -2.49. The van der Waals surface area contributed by atoms with Gasteiger partial charge in [-0.25, -0.2) is 15.0 Å². The van der Waals surface area contributed by atoms with E-state index < -0.39 is 0 Å². The number of rotatable bonds is 5. The van der Waals surface area contributed by atoms with Crippen LogP contribution in [0.15, 0.2) is 61.1 Å². The first-order valence-electron chi connectivity index (χ1n) is 9.76. The molecule has 1 aliphatic rings. The highest BCUT2D eigenvalue weighted by Crippen LogP contribution is 2.14. The zero-order chi connectivity index (χ0) is 20.1. The van der Waals surface area contributed by atoms with Gasteiger partial charge in [-0.3, -0.25) is 4.79 Å². The number of piperazine rings is 1. The summed E-state index contributed by atoms with van der Waals surface area (Å²) < 4.78 is 0. The lowest BCUT2D eigenvalue weighted by Gasteiger charge is -2.34. The maximum Gasteiger partial charge on any atom is 0.255 e. The molecule has 0 atom stereocenters. The maximum absolute atomic E-state index is 12.8. The van der Waals surface area contributed by atoms with E-state index in [-0.39, 0.29) is 5.91 Å². The number of nitrogens with one attached hydrogen (secondary N) is 1. The van der Waals surface area contributed by atoms with Crippen molar-refractivity contribution in [3.63, 3.8) is 0 Å². The Balaban J connectivity index is 1.32. The predicted octanol–water partition coefficient (Wildman–Crippen LogP) is 2.75. The Morgan fingerprint density at radius 1 is 0.966 bits per heavy atom. The SMILES string of the molecule is Cc1ccccc1CNc1ccc(C(=O)N2CCN(c3ncccn3)CC2)cn1. The molecule has 7 nitrogen and oxygen atoms in total. The average molecular weight is 388 g/mol. The highest BCUT2D eigenvalue weighted by molar-refractivity contribution is 5.94. The van der Waals surface area contributed by atoms with Crippen LogP contribution >= 0.6 is 0 Å². The lowest BCUT2D eigenvalue weighted by atomic mass is 10.1. The van der Waals surface area contributed by atoms with Crippen molar-refractivity contribution in [1.29, 1.82) is 0 Å². The Morgan fingerprint density at radius 2 is 1.72 bits per heavy atom. The van der Waals surface area contributed by atoms with Crippen LogP contribution in [0.1, 0.15) is 21.5 Å². The minimum atomic E-state index is 0.0107. The number of hydrogen-bond donors (Lipinski definition) is 1. The molecule has 0 saturated carbocycles. The Morgan fingerprint density at radius 3 is 2.41 bits per heavy atom. The zero-order valence-corrected chi connectivity index (χ0v) is 16.5. The number of carbonyl (C=O) groups is 1. The number of benzene rings is 1. The molecule has 1 saturated heterocycles. The van der Waals surface area contributed by atoms with Crippen LogP contribution in [-0.4, -0.2) is 51.9 Å². The predicted molar refractivity (Wildman–Crippen MR) is 113 cm³/mol. The van der Waals surface area contributed by atoms with Crippen LogP contribution in [-0.2, 0) is 6.54 Å². The van der Waals surface area contributed by atoms with Crippen molar-refractivity contribution in [3.8, 4) is 0 Å². The van der Waals surface area contributed by atoms with Crippen LogP contribution in [0.2, 0.25) is 0 Å². The second-order valence-electron chi connectivity index (χ2n) is 7.04. The molecule has 3 aromatic rings. The summed E-state index contributed by atoms with van der Waals surface area (Å²) >= 11 is 0. The molecular formula is C22H24N6O. The van der Waals surface area contributed by atoms with E-state index in [1.807, 2.05) is 29.2 Å². The number of anilines is 2. The minimum Gasteiger partial charge on any atom is -0.366 e. The van der Waals surface area contributed by atoms with Gasteiger partial charge in [0.15, 0.2) is 0 Å². The van der Waals surface area contributed by atoms with Crippen molar-refractivity contribution in [2.75, 3.05) is 36.4 Å². The van der Waals surface area contributed by atoms with Crippen LogP contribution < -0.4 is 10.2 Å². The van der Waals surface area contributed by atoms with Gasteiger partial charge in [0, 0.05) is 51.3 Å². The minimum absolute atomic E-state index is 0.0107. The summed E-state index contributed by atoms with van der Waals surface area (Å²) in [7, 11) is 0. The molecule has 2 aromatic heterocycles. The van der Waals surface area contributed by atoms with Gasteiger partial charge < -0.3 is 15.1 Å². The van der Waals surface area contributed by atoms with Gasteiger partial charge in [-0.05, 0) is 36.2 Å². The maximum atomic E-state index is 12.8. The molecule has 4 rings (SSSR count). The number of nitrogens with zero attached hydrogens (tertiary/aromatic N) is 5. The summed E-state index contributed by atoms with van der Waals surface area (Å²) in [4.78, 5) is 29.7. The number of carbonyl (C=O) groups excluding carboxylic acids is 1. The normalized spacial score (nSPS) is 14.0. The summed E-state index contributed by atoms with van der Waals surface area (Å²) in [5.74, 6) is 1.48. The Hall–Kier alpha value is -3.48. The highest BCUT2D eigenvalue weighted by atomic mass is 16.2. The molecule has 0 spiro atoms. The second kappa shape index (κ2) is 8.68. The van der Waals surface area contributed by atoms with Crippen LogP contribution in [0.25, 0.3) is 0 Å². The van der Waals surface area contributed by atoms with Crippen LogP contribution in [0.4, 0.5) is 11.8 Å². The molecule has 1 fully saturated rings. The quantitative estimate of drug-likeness (QED) is 0.724. The van der Waals surface area contributed by atoms with E-state index >= 15 is 0 Å². The van der Waals surface area contributed by atoms with Gasteiger partial charge in [0.1, 0.15) is 5.82 Å². The van der Waals surface area contributed by atoms with Gasteiger partial charge in [-0.15, -0.1) is 0 Å². The number of aromatic nitrogens is 3. The summed E-state index contributed by atoms with van der Waals surface area (Å²) in [5, 5.41) is 3.31. The topological polar surface area (TPSA) is 74.2 Å². The summed E-state index contributed by atoms with van der Waals surface area (Å²) in [6.45, 7) is 5.53. The van der Waals surface area contributed by atoms with Crippen LogP contribution in [0.3, 0.4) is 0 Å². The third-order valence-corrected chi connectivity index (χ3v) is 5.13. The fourth-order valence-electron chi connectivity index (χ4n) is 3.37. The second-order valence-corrected chi connectivity index (χ2v) is 7.04. The third-order valence-electron chi connectivity index (χ3n) is 5.13. The molecule has 0 unspecified atom stereocenters. The molecule has 1 N–H and O–H groups in total. The molecule has 0 aliphatic carbocycles. The van der Waals surface area contributed by atoms with Crippen molar-refractivity contribution >= 4 is 17.7 Å². The molecule has 3 heterocycles. The van der Waals surface area contributed by atoms with E-state index in [9.17, 15) is 4.79 Å². The summed E-state index contributed by atoms with van der Waals surface area (Å²) in [5.41, 5.74) is 3.08. The number of amides is 1. The van der Waals surface area contributed by atoms with Gasteiger partial charge in [0.05, 0.1) is 5.56 Å². The standard InChI is InChI=1S/C22H24N6O/c1-17-5-2-3-6-18(17)15-25-20-8-7-19(16-26-20)21(29)27-11-13-28(14-12-27)22-23-9-4-10-24-22/h2-10,16H,11-15H2,1H3,(H,25,26). The number of pyridine rings is 1.